The van der Waals surface area contributed by atoms with Crippen LogP contribution in [0.4, 0.5) is 5.69 Å². The highest BCUT2D eigenvalue weighted by atomic mass is 32.1. The molecule has 0 fully saturated rings. The van der Waals surface area contributed by atoms with Gasteiger partial charge in [0.25, 0.3) is 5.91 Å². The third-order valence-electron chi connectivity index (χ3n) is 4.49. The van der Waals surface area contributed by atoms with Crippen LogP contribution in [0.3, 0.4) is 0 Å². The van der Waals surface area contributed by atoms with Gasteiger partial charge in [0.05, 0.1) is 31.0 Å². The lowest BCUT2D eigenvalue weighted by Crippen LogP contribution is -2.19. The lowest BCUT2D eigenvalue weighted by Gasteiger charge is -2.08. The highest BCUT2D eigenvalue weighted by Gasteiger charge is 2.13. The van der Waals surface area contributed by atoms with Crippen LogP contribution in [-0.4, -0.2) is 43.8 Å². The van der Waals surface area contributed by atoms with Crippen LogP contribution in [-0.2, 0) is 16.1 Å². The maximum Gasteiger partial charge on any atom is 0.279 e. The number of amides is 2. The number of anilines is 1. The molecule has 1 heterocycles. The molecule has 31 heavy (non-hydrogen) atoms. The highest BCUT2D eigenvalue weighted by molar-refractivity contribution is 7.16. The van der Waals surface area contributed by atoms with Crippen LogP contribution in [0.5, 0.6) is 11.5 Å². The summed E-state index contributed by atoms with van der Waals surface area (Å²) in [7, 11) is 3.06. The van der Waals surface area contributed by atoms with Crippen LogP contribution in [0.1, 0.15) is 24.2 Å². The van der Waals surface area contributed by atoms with Gasteiger partial charge in [-0.2, -0.15) is 4.99 Å². The van der Waals surface area contributed by atoms with Gasteiger partial charge < -0.3 is 24.1 Å². The zero-order valence-corrected chi connectivity index (χ0v) is 18.7. The van der Waals surface area contributed by atoms with E-state index in [0.717, 1.165) is 10.2 Å². The number of fused-ring (bicyclic) bond motifs is 1. The van der Waals surface area contributed by atoms with Crippen molar-refractivity contribution in [3.05, 3.63) is 46.8 Å². The number of nitrogens with zero attached hydrogens (tertiary/aromatic N) is 2. The fourth-order valence-corrected chi connectivity index (χ4v) is 4.17. The second-order valence-electron chi connectivity index (χ2n) is 6.58. The van der Waals surface area contributed by atoms with Crippen molar-refractivity contribution in [3.8, 4) is 11.5 Å². The summed E-state index contributed by atoms with van der Waals surface area (Å²) in [5.74, 6) is 0.468. The molecule has 0 aliphatic carbocycles. The van der Waals surface area contributed by atoms with Crippen LogP contribution in [0.15, 0.2) is 41.4 Å². The zero-order chi connectivity index (χ0) is 22.4. The van der Waals surface area contributed by atoms with E-state index >= 15 is 0 Å². The third-order valence-corrected chi connectivity index (χ3v) is 5.54. The standard InChI is InChI=1S/C22H25N3O5S/c1-5-30-11-10-25-17-8-7-16(23-14(2)26)13-20(17)31-22(25)24-21(27)15-6-9-18(28-3)19(12-15)29-4/h6-9,12-13H,5,10-11H2,1-4H3,(H,23,26). The van der Waals surface area contributed by atoms with E-state index in [9.17, 15) is 9.59 Å². The minimum absolute atomic E-state index is 0.145. The van der Waals surface area contributed by atoms with Gasteiger partial charge in [-0.3, -0.25) is 9.59 Å². The number of rotatable bonds is 8. The number of methoxy groups -OCH3 is 2. The Labute approximate surface area is 184 Å². The second kappa shape index (κ2) is 10.2. The van der Waals surface area contributed by atoms with Crippen LogP contribution in [0.25, 0.3) is 10.2 Å². The molecule has 164 valence electrons. The average Bonchev–Trinajstić information content (AvgIpc) is 3.09. The van der Waals surface area contributed by atoms with Gasteiger partial charge in [0, 0.05) is 31.3 Å². The number of carbonyl (C=O) groups is 2. The number of thiazole rings is 1. The minimum atomic E-state index is -0.389. The number of aromatic nitrogens is 1. The Bertz CT molecular complexity index is 1170. The topological polar surface area (TPSA) is 91.2 Å². The average molecular weight is 444 g/mol. The molecule has 0 aliphatic heterocycles. The van der Waals surface area contributed by atoms with Crippen molar-refractivity contribution >= 4 is 39.1 Å². The monoisotopic (exact) mass is 443 g/mol. The Balaban J connectivity index is 2.05. The summed E-state index contributed by atoms with van der Waals surface area (Å²) in [6.07, 6.45) is 0. The first-order valence-corrected chi connectivity index (χ1v) is 10.6. The molecule has 0 atom stereocenters. The number of hydrogen-bond acceptors (Lipinski definition) is 6. The van der Waals surface area contributed by atoms with Gasteiger partial charge in [0.2, 0.25) is 5.91 Å². The fourth-order valence-electron chi connectivity index (χ4n) is 3.08. The molecule has 3 rings (SSSR count). The Morgan fingerprint density at radius 2 is 1.87 bits per heavy atom. The zero-order valence-electron chi connectivity index (χ0n) is 17.9. The molecule has 1 N–H and O–H groups in total. The van der Waals surface area contributed by atoms with Crippen LogP contribution in [0, 0.1) is 0 Å². The van der Waals surface area contributed by atoms with E-state index in [2.05, 4.69) is 10.3 Å². The molecule has 0 bridgehead atoms. The third kappa shape index (κ3) is 5.31. The summed E-state index contributed by atoms with van der Waals surface area (Å²) in [4.78, 5) is 29.2. The molecule has 1 aromatic heterocycles. The molecule has 3 aromatic rings. The molecular weight excluding hydrogens is 418 g/mol. The minimum Gasteiger partial charge on any atom is -0.493 e. The predicted octanol–water partition coefficient (Wildman–Crippen LogP) is 3.46. The van der Waals surface area contributed by atoms with Crippen LogP contribution in [0.2, 0.25) is 0 Å². The van der Waals surface area contributed by atoms with E-state index in [0.29, 0.717) is 47.3 Å². The van der Waals surface area contributed by atoms with Gasteiger partial charge in [0.15, 0.2) is 16.3 Å². The van der Waals surface area contributed by atoms with Crippen molar-refractivity contribution in [1.29, 1.82) is 0 Å². The van der Waals surface area contributed by atoms with Crippen molar-refractivity contribution in [1.82, 2.24) is 4.57 Å². The molecule has 0 saturated carbocycles. The molecule has 2 amide bonds. The highest BCUT2D eigenvalue weighted by Crippen LogP contribution is 2.28. The Morgan fingerprint density at radius 1 is 1.10 bits per heavy atom. The van der Waals surface area contributed by atoms with Gasteiger partial charge >= 0.3 is 0 Å². The van der Waals surface area contributed by atoms with Crippen molar-refractivity contribution in [3.63, 3.8) is 0 Å². The molecule has 0 saturated heterocycles. The van der Waals surface area contributed by atoms with Gasteiger partial charge in [-0.1, -0.05) is 11.3 Å². The van der Waals surface area contributed by atoms with Crippen molar-refractivity contribution in [2.45, 2.75) is 20.4 Å². The fraction of sp³-hybridized carbons (Fsp3) is 0.318. The number of ether oxygens (including phenoxy) is 3. The molecule has 9 heteroatoms. The maximum absolute atomic E-state index is 12.9. The number of hydrogen-bond donors (Lipinski definition) is 1. The van der Waals surface area contributed by atoms with Gasteiger partial charge in [0.1, 0.15) is 0 Å². The number of nitrogens with one attached hydrogen (secondary N) is 1. The van der Waals surface area contributed by atoms with Gasteiger partial charge in [-0.25, -0.2) is 0 Å². The summed E-state index contributed by atoms with van der Waals surface area (Å²) in [6, 6.07) is 10.5. The maximum atomic E-state index is 12.9. The summed E-state index contributed by atoms with van der Waals surface area (Å²) in [5.41, 5.74) is 2.00. The molecule has 2 aromatic carbocycles. The summed E-state index contributed by atoms with van der Waals surface area (Å²) in [5, 5.41) is 2.78. The number of carbonyl (C=O) groups excluding carboxylic acids is 2. The largest absolute Gasteiger partial charge is 0.493 e. The van der Waals surface area contributed by atoms with E-state index < -0.39 is 0 Å². The summed E-state index contributed by atoms with van der Waals surface area (Å²) >= 11 is 1.38. The summed E-state index contributed by atoms with van der Waals surface area (Å²) < 4.78 is 18.9. The van der Waals surface area contributed by atoms with Crippen molar-refractivity contribution in [2.75, 3.05) is 32.8 Å². The SMILES string of the molecule is CCOCCn1c(=NC(=O)c2ccc(OC)c(OC)c2)sc2cc(NC(C)=O)ccc21. The molecular formula is C22H25N3O5S. The first-order chi connectivity index (χ1) is 15.0. The molecule has 0 unspecified atom stereocenters. The van der Waals surface area contributed by atoms with Gasteiger partial charge in [-0.15, -0.1) is 0 Å². The van der Waals surface area contributed by atoms with E-state index in [1.54, 1.807) is 18.2 Å². The molecule has 0 spiro atoms. The second-order valence-corrected chi connectivity index (χ2v) is 7.59. The summed E-state index contributed by atoms with van der Waals surface area (Å²) in [6.45, 7) is 5.04. The number of benzene rings is 2. The molecule has 0 aliphatic rings. The van der Waals surface area contributed by atoms with E-state index in [-0.39, 0.29) is 11.8 Å². The molecule has 8 nitrogen and oxygen atoms in total. The normalized spacial score (nSPS) is 11.5. The Kier molecular flexibility index (Phi) is 7.43. The predicted molar refractivity (Wildman–Crippen MR) is 120 cm³/mol. The Morgan fingerprint density at radius 3 is 2.55 bits per heavy atom. The van der Waals surface area contributed by atoms with E-state index in [1.807, 2.05) is 29.7 Å². The smallest absolute Gasteiger partial charge is 0.279 e. The molecule has 0 radical (unpaired) electrons. The lowest BCUT2D eigenvalue weighted by atomic mass is 10.2. The van der Waals surface area contributed by atoms with Crippen molar-refractivity contribution < 1.29 is 23.8 Å². The van der Waals surface area contributed by atoms with Crippen molar-refractivity contribution in [2.24, 2.45) is 4.99 Å². The van der Waals surface area contributed by atoms with Crippen LogP contribution >= 0.6 is 11.3 Å². The first kappa shape index (κ1) is 22.5. The quantitative estimate of drug-likeness (QED) is 0.539. The lowest BCUT2D eigenvalue weighted by molar-refractivity contribution is -0.114. The van der Waals surface area contributed by atoms with Crippen LogP contribution < -0.4 is 19.6 Å². The van der Waals surface area contributed by atoms with Gasteiger partial charge in [-0.05, 0) is 43.3 Å². The van der Waals surface area contributed by atoms with E-state index in [1.165, 1.54) is 32.5 Å². The first-order valence-electron chi connectivity index (χ1n) is 9.76. The Hall–Kier alpha value is -3.17. The van der Waals surface area contributed by atoms with E-state index in [4.69, 9.17) is 14.2 Å².